The van der Waals surface area contributed by atoms with Gasteiger partial charge in [0.1, 0.15) is 0 Å². The topological polar surface area (TPSA) is 47.1 Å². The van der Waals surface area contributed by atoms with Gasteiger partial charge in [0.2, 0.25) is 0 Å². The third kappa shape index (κ3) is 1.81. The predicted octanol–water partition coefficient (Wildman–Crippen LogP) is 1.84. The fourth-order valence-corrected chi connectivity index (χ4v) is 4.68. The van der Waals surface area contributed by atoms with Crippen molar-refractivity contribution in [1.29, 1.82) is 0 Å². The molecule has 0 saturated carbocycles. The van der Waals surface area contributed by atoms with Gasteiger partial charge >= 0.3 is 12.1 Å². The number of benzene rings is 1. The molecule has 6 nitrogen and oxygen atoms in total. The van der Waals surface area contributed by atoms with Crippen LogP contribution in [0.3, 0.4) is 0 Å². The summed E-state index contributed by atoms with van der Waals surface area (Å²) >= 11 is 0. The maximum Gasteiger partial charge on any atom is 0.321 e. The zero-order valence-electron chi connectivity index (χ0n) is 14.4. The summed E-state index contributed by atoms with van der Waals surface area (Å²) in [7, 11) is 7.21. The van der Waals surface area contributed by atoms with E-state index in [9.17, 15) is 9.59 Å². The number of rotatable bonds is 1. The van der Waals surface area contributed by atoms with Crippen LogP contribution in [0.25, 0.3) is 0 Å². The minimum atomic E-state index is -0.790. The largest absolute Gasteiger partial charge is 0.327 e. The summed E-state index contributed by atoms with van der Waals surface area (Å²) < 4.78 is 0. The van der Waals surface area contributed by atoms with Gasteiger partial charge in [-0.05, 0) is 5.56 Å². The van der Waals surface area contributed by atoms with Gasteiger partial charge in [-0.3, -0.25) is 9.80 Å². The number of urea groups is 2. The molecule has 23 heavy (non-hydrogen) atoms. The first-order valence-electron chi connectivity index (χ1n) is 7.79. The van der Waals surface area contributed by atoms with Gasteiger partial charge < -0.3 is 9.80 Å². The summed E-state index contributed by atoms with van der Waals surface area (Å²) in [4.78, 5) is 32.4. The van der Waals surface area contributed by atoms with Crippen LogP contribution in [0.1, 0.15) is 12.5 Å². The van der Waals surface area contributed by atoms with Crippen molar-refractivity contribution < 1.29 is 9.59 Å². The van der Waals surface area contributed by atoms with Gasteiger partial charge in [0, 0.05) is 46.7 Å². The Morgan fingerprint density at radius 2 is 1.26 bits per heavy atom. The minimum absolute atomic E-state index is 0.0736. The van der Waals surface area contributed by atoms with E-state index in [1.165, 1.54) is 0 Å². The summed E-state index contributed by atoms with van der Waals surface area (Å²) in [5.74, 6) is 0. The Bertz CT molecular complexity index is 615. The molecule has 2 aliphatic rings. The molecule has 0 spiro atoms. The molecule has 0 atom stereocenters. The van der Waals surface area contributed by atoms with Crippen LogP contribution in [-0.2, 0) is 5.66 Å². The number of hydrogen-bond donors (Lipinski definition) is 0. The molecule has 3 rings (SSSR count). The average Bonchev–Trinajstić information content (AvgIpc) is 2.52. The highest BCUT2D eigenvalue weighted by atomic mass is 16.2. The number of carbonyl (C=O) groups excluding carboxylic acids is 2. The second kappa shape index (κ2) is 4.88. The van der Waals surface area contributed by atoms with Crippen molar-refractivity contribution in [3.8, 4) is 0 Å². The van der Waals surface area contributed by atoms with Gasteiger partial charge in [-0.25, -0.2) is 9.59 Å². The number of nitrogens with zero attached hydrogens (tertiary/aromatic N) is 4. The predicted molar refractivity (Wildman–Crippen MR) is 87.8 cm³/mol. The Morgan fingerprint density at radius 3 is 1.70 bits per heavy atom. The average molecular weight is 316 g/mol. The van der Waals surface area contributed by atoms with Gasteiger partial charge in [-0.2, -0.15) is 0 Å². The first-order chi connectivity index (χ1) is 10.8. The summed E-state index contributed by atoms with van der Waals surface area (Å²) in [5.41, 5.74) is -0.139. The van der Waals surface area contributed by atoms with Gasteiger partial charge in [0.15, 0.2) is 5.66 Å². The summed E-state index contributed by atoms with van der Waals surface area (Å²) in [6.07, 6.45) is 0. The van der Waals surface area contributed by atoms with E-state index in [0.29, 0.717) is 13.1 Å². The van der Waals surface area contributed by atoms with E-state index in [1.807, 2.05) is 44.4 Å². The molecule has 0 N–H and O–H groups in total. The zero-order chi connectivity index (χ0) is 17.0. The summed E-state index contributed by atoms with van der Waals surface area (Å²) in [6.45, 7) is 3.33. The molecule has 6 heteroatoms. The molecule has 0 radical (unpaired) electrons. The highest BCUT2D eigenvalue weighted by Gasteiger charge is 2.64. The molecule has 2 fully saturated rings. The minimum Gasteiger partial charge on any atom is -0.327 e. The summed E-state index contributed by atoms with van der Waals surface area (Å²) in [5, 5.41) is 0. The van der Waals surface area contributed by atoms with E-state index < -0.39 is 5.66 Å². The SMILES string of the molecule is CN1CC2(C)CN(C)C(=O)N(C)C2(c2ccccc2)N(C)C1=O. The Morgan fingerprint density at radius 1 is 0.826 bits per heavy atom. The molecule has 0 bridgehead atoms. The molecule has 1 aromatic rings. The monoisotopic (exact) mass is 316 g/mol. The van der Waals surface area contributed by atoms with Crippen molar-refractivity contribution in [2.45, 2.75) is 12.6 Å². The molecule has 2 aliphatic heterocycles. The van der Waals surface area contributed by atoms with Crippen LogP contribution in [0.2, 0.25) is 0 Å². The van der Waals surface area contributed by atoms with E-state index in [-0.39, 0.29) is 17.5 Å². The third-order valence-electron chi connectivity index (χ3n) is 5.39. The molecule has 1 aromatic carbocycles. The molecular weight excluding hydrogens is 292 g/mol. The first kappa shape index (κ1) is 15.6. The Kier molecular flexibility index (Phi) is 3.32. The number of carbonyl (C=O) groups is 2. The normalized spacial score (nSPS) is 31.5. The van der Waals surface area contributed by atoms with Gasteiger partial charge in [-0.15, -0.1) is 0 Å². The van der Waals surface area contributed by atoms with E-state index in [4.69, 9.17) is 0 Å². The maximum atomic E-state index is 12.7. The Balaban J connectivity index is 2.29. The van der Waals surface area contributed by atoms with Crippen molar-refractivity contribution in [3.05, 3.63) is 35.9 Å². The van der Waals surface area contributed by atoms with Crippen LogP contribution >= 0.6 is 0 Å². The van der Waals surface area contributed by atoms with Crippen LogP contribution in [0, 0.1) is 5.41 Å². The van der Waals surface area contributed by atoms with Crippen molar-refractivity contribution >= 4 is 12.1 Å². The summed E-state index contributed by atoms with van der Waals surface area (Å²) in [6, 6.07) is 9.72. The van der Waals surface area contributed by atoms with E-state index >= 15 is 0 Å². The van der Waals surface area contributed by atoms with E-state index in [1.54, 1.807) is 33.7 Å². The maximum absolute atomic E-state index is 12.7. The fourth-order valence-electron chi connectivity index (χ4n) is 4.68. The third-order valence-corrected chi connectivity index (χ3v) is 5.39. The zero-order valence-corrected chi connectivity index (χ0v) is 14.4. The lowest BCUT2D eigenvalue weighted by molar-refractivity contribution is -0.153. The smallest absolute Gasteiger partial charge is 0.321 e. The standard InChI is InChI=1S/C17H24N4O2/c1-16-11-18(2)14(22)20(4)17(16,13-9-7-6-8-10-13)21(5)15(23)19(3)12-16/h6-10H,11-12H2,1-5H3. The molecule has 0 aliphatic carbocycles. The fraction of sp³-hybridized carbons (Fsp3) is 0.529. The van der Waals surface area contributed by atoms with Crippen LogP contribution < -0.4 is 0 Å². The highest BCUT2D eigenvalue weighted by molar-refractivity contribution is 5.81. The molecule has 0 unspecified atom stereocenters. The lowest BCUT2D eigenvalue weighted by atomic mass is 9.67. The lowest BCUT2D eigenvalue weighted by Crippen LogP contribution is -2.79. The lowest BCUT2D eigenvalue weighted by Gasteiger charge is -2.65. The Labute approximate surface area is 137 Å². The van der Waals surface area contributed by atoms with Crippen molar-refractivity contribution in [1.82, 2.24) is 19.6 Å². The van der Waals surface area contributed by atoms with Gasteiger partial charge in [0.25, 0.3) is 0 Å². The molecule has 2 saturated heterocycles. The second-order valence-electron chi connectivity index (χ2n) is 6.99. The number of amides is 4. The quantitative estimate of drug-likeness (QED) is 0.794. The molecular formula is C17H24N4O2. The second-order valence-corrected chi connectivity index (χ2v) is 6.99. The van der Waals surface area contributed by atoms with Crippen molar-refractivity contribution in [2.75, 3.05) is 41.3 Å². The number of fused-ring (bicyclic) bond motifs is 1. The van der Waals surface area contributed by atoms with Gasteiger partial charge in [0.05, 0.1) is 0 Å². The van der Waals surface area contributed by atoms with Crippen molar-refractivity contribution in [2.24, 2.45) is 5.41 Å². The highest BCUT2D eigenvalue weighted by Crippen LogP contribution is 2.52. The van der Waals surface area contributed by atoms with Crippen LogP contribution in [0.5, 0.6) is 0 Å². The first-order valence-corrected chi connectivity index (χ1v) is 7.79. The Hall–Kier alpha value is -2.24. The van der Waals surface area contributed by atoms with Crippen LogP contribution in [-0.4, -0.2) is 72.9 Å². The molecule has 4 amide bonds. The van der Waals surface area contributed by atoms with E-state index in [2.05, 4.69) is 6.92 Å². The van der Waals surface area contributed by atoms with Crippen LogP contribution in [0.4, 0.5) is 9.59 Å². The molecule has 0 aromatic heterocycles. The van der Waals surface area contributed by atoms with E-state index in [0.717, 1.165) is 5.56 Å². The van der Waals surface area contributed by atoms with Crippen LogP contribution in [0.15, 0.2) is 30.3 Å². The molecule has 124 valence electrons. The molecule has 2 heterocycles. The van der Waals surface area contributed by atoms with Crippen molar-refractivity contribution in [3.63, 3.8) is 0 Å². The van der Waals surface area contributed by atoms with Gasteiger partial charge in [-0.1, -0.05) is 37.3 Å². The number of hydrogen-bond acceptors (Lipinski definition) is 2.